The maximum absolute atomic E-state index is 12.6. The van der Waals surface area contributed by atoms with E-state index in [4.69, 9.17) is 10.2 Å². The molecule has 4 heteroatoms. The minimum atomic E-state index is -0.146. The Morgan fingerprint density at radius 1 is 1.10 bits per heavy atom. The van der Waals surface area contributed by atoms with Crippen LogP contribution in [0.25, 0.3) is 11.0 Å². The Labute approximate surface area is 116 Å². The number of benzene rings is 2. The van der Waals surface area contributed by atoms with Crippen LogP contribution in [0.15, 0.2) is 59.2 Å². The number of amides is 1. The molecule has 0 atom stereocenters. The van der Waals surface area contributed by atoms with E-state index >= 15 is 0 Å². The molecule has 1 amide bonds. The molecule has 0 unspecified atom stereocenters. The highest BCUT2D eigenvalue weighted by Crippen LogP contribution is 2.26. The number of nitrogen functional groups attached to an aromatic ring is 1. The Morgan fingerprint density at radius 3 is 2.60 bits per heavy atom. The van der Waals surface area contributed by atoms with Crippen LogP contribution in [-0.2, 0) is 0 Å². The predicted molar refractivity (Wildman–Crippen MR) is 79.8 cm³/mol. The van der Waals surface area contributed by atoms with Gasteiger partial charge in [0, 0.05) is 12.4 Å². The van der Waals surface area contributed by atoms with Crippen molar-refractivity contribution in [3.63, 3.8) is 0 Å². The average molecular weight is 266 g/mol. The summed E-state index contributed by atoms with van der Waals surface area (Å²) in [7, 11) is 1.70. The molecule has 0 aliphatic rings. The number of para-hydroxylation sites is 3. The van der Waals surface area contributed by atoms with Gasteiger partial charge in [-0.2, -0.15) is 0 Å². The van der Waals surface area contributed by atoms with E-state index in [0.717, 1.165) is 5.39 Å². The summed E-state index contributed by atoms with van der Waals surface area (Å²) < 4.78 is 5.41. The monoisotopic (exact) mass is 266 g/mol. The van der Waals surface area contributed by atoms with Crippen molar-refractivity contribution in [1.82, 2.24) is 0 Å². The second kappa shape index (κ2) is 4.74. The highest BCUT2D eigenvalue weighted by molar-refractivity contribution is 6.14. The summed E-state index contributed by atoms with van der Waals surface area (Å²) in [5.41, 5.74) is 8.39. The van der Waals surface area contributed by atoms with Crippen molar-refractivity contribution in [1.29, 1.82) is 0 Å². The quantitative estimate of drug-likeness (QED) is 0.724. The number of fused-ring (bicyclic) bond motifs is 1. The first kappa shape index (κ1) is 12.3. The molecule has 3 aromatic rings. The molecular weight excluding hydrogens is 252 g/mol. The molecule has 1 heterocycles. The second-order valence-corrected chi connectivity index (χ2v) is 4.57. The van der Waals surface area contributed by atoms with Crippen molar-refractivity contribution in [2.24, 2.45) is 0 Å². The molecule has 1 aromatic heterocycles. The van der Waals surface area contributed by atoms with E-state index in [1.807, 2.05) is 42.5 Å². The number of hydrogen-bond donors (Lipinski definition) is 1. The normalized spacial score (nSPS) is 10.7. The molecule has 2 aromatic carbocycles. The fourth-order valence-corrected chi connectivity index (χ4v) is 2.23. The van der Waals surface area contributed by atoms with Gasteiger partial charge in [0.2, 0.25) is 0 Å². The van der Waals surface area contributed by atoms with Crippen LogP contribution >= 0.6 is 0 Å². The van der Waals surface area contributed by atoms with Gasteiger partial charge >= 0.3 is 0 Å². The van der Waals surface area contributed by atoms with Crippen molar-refractivity contribution in [3.05, 3.63) is 60.4 Å². The van der Waals surface area contributed by atoms with Crippen LogP contribution in [0.5, 0.6) is 0 Å². The van der Waals surface area contributed by atoms with E-state index in [-0.39, 0.29) is 5.91 Å². The Kier molecular flexibility index (Phi) is 2.91. The molecule has 0 spiro atoms. The van der Waals surface area contributed by atoms with Crippen molar-refractivity contribution < 1.29 is 9.21 Å². The summed E-state index contributed by atoms with van der Waals surface area (Å²) in [6.07, 6.45) is 1.49. The van der Waals surface area contributed by atoms with Gasteiger partial charge in [0.05, 0.1) is 16.9 Å². The highest BCUT2D eigenvalue weighted by Gasteiger charge is 2.19. The standard InChI is InChI=1S/C16H14N2O2/c1-18(14-8-4-3-7-13(14)17)16(19)12-10-20-15-9-5-2-6-11(12)15/h2-10H,17H2,1H3. The number of hydrogen-bond acceptors (Lipinski definition) is 3. The van der Waals surface area contributed by atoms with E-state index in [9.17, 15) is 4.79 Å². The lowest BCUT2D eigenvalue weighted by atomic mass is 10.1. The lowest BCUT2D eigenvalue weighted by molar-refractivity contribution is 0.0994. The van der Waals surface area contributed by atoms with Gasteiger partial charge < -0.3 is 15.1 Å². The molecule has 0 radical (unpaired) electrons. The third kappa shape index (κ3) is 1.91. The van der Waals surface area contributed by atoms with Crippen LogP contribution in [0.1, 0.15) is 10.4 Å². The molecular formula is C16H14N2O2. The third-order valence-corrected chi connectivity index (χ3v) is 3.31. The zero-order chi connectivity index (χ0) is 14.1. The van der Waals surface area contributed by atoms with Gasteiger partial charge in [0.1, 0.15) is 11.8 Å². The molecule has 0 bridgehead atoms. The van der Waals surface area contributed by atoms with E-state index in [2.05, 4.69) is 0 Å². The Hall–Kier alpha value is -2.75. The number of nitrogens with two attached hydrogens (primary N) is 1. The second-order valence-electron chi connectivity index (χ2n) is 4.57. The number of carbonyl (C=O) groups is 1. The van der Waals surface area contributed by atoms with Crippen molar-refractivity contribution in [2.75, 3.05) is 17.7 Å². The molecule has 2 N–H and O–H groups in total. The maximum Gasteiger partial charge on any atom is 0.261 e. The molecule has 0 fully saturated rings. The number of rotatable bonds is 2. The highest BCUT2D eigenvalue weighted by atomic mass is 16.3. The van der Waals surface area contributed by atoms with E-state index in [1.54, 1.807) is 13.1 Å². The van der Waals surface area contributed by atoms with Crippen molar-refractivity contribution >= 4 is 28.3 Å². The van der Waals surface area contributed by atoms with Gasteiger partial charge in [-0.25, -0.2) is 0 Å². The number of furan rings is 1. The molecule has 20 heavy (non-hydrogen) atoms. The predicted octanol–water partition coefficient (Wildman–Crippen LogP) is 3.29. The topological polar surface area (TPSA) is 59.5 Å². The molecule has 0 saturated heterocycles. The minimum Gasteiger partial charge on any atom is -0.463 e. The van der Waals surface area contributed by atoms with Crippen LogP contribution in [0, 0.1) is 0 Å². The third-order valence-electron chi connectivity index (χ3n) is 3.31. The average Bonchev–Trinajstić information content (AvgIpc) is 2.90. The van der Waals surface area contributed by atoms with Gasteiger partial charge in [0.25, 0.3) is 5.91 Å². The largest absolute Gasteiger partial charge is 0.463 e. The number of nitrogens with zero attached hydrogens (tertiary/aromatic N) is 1. The fourth-order valence-electron chi connectivity index (χ4n) is 2.23. The molecule has 3 rings (SSSR count). The lowest BCUT2D eigenvalue weighted by Gasteiger charge is -2.18. The van der Waals surface area contributed by atoms with E-state index < -0.39 is 0 Å². The van der Waals surface area contributed by atoms with Gasteiger partial charge in [-0.1, -0.05) is 30.3 Å². The van der Waals surface area contributed by atoms with Crippen LogP contribution < -0.4 is 10.6 Å². The SMILES string of the molecule is CN(C(=O)c1coc2ccccc12)c1ccccc1N. The molecule has 0 aliphatic heterocycles. The first-order chi connectivity index (χ1) is 9.68. The summed E-state index contributed by atoms with van der Waals surface area (Å²) in [5, 5.41) is 0.804. The molecule has 0 saturated carbocycles. The van der Waals surface area contributed by atoms with Crippen LogP contribution in [-0.4, -0.2) is 13.0 Å². The van der Waals surface area contributed by atoms with Crippen molar-refractivity contribution in [3.8, 4) is 0 Å². The summed E-state index contributed by atoms with van der Waals surface area (Å²) in [6.45, 7) is 0. The Bertz CT molecular complexity index is 777. The fraction of sp³-hybridized carbons (Fsp3) is 0.0625. The summed E-state index contributed by atoms with van der Waals surface area (Å²) in [5.74, 6) is -0.146. The van der Waals surface area contributed by atoms with Crippen LogP contribution in [0.2, 0.25) is 0 Å². The van der Waals surface area contributed by atoms with E-state index in [1.165, 1.54) is 11.2 Å². The zero-order valence-corrected chi connectivity index (χ0v) is 11.0. The first-order valence-electron chi connectivity index (χ1n) is 6.27. The van der Waals surface area contributed by atoms with Crippen molar-refractivity contribution in [2.45, 2.75) is 0 Å². The first-order valence-corrected chi connectivity index (χ1v) is 6.27. The number of anilines is 2. The van der Waals surface area contributed by atoms with Crippen LogP contribution in [0.4, 0.5) is 11.4 Å². The molecule has 4 nitrogen and oxygen atoms in total. The maximum atomic E-state index is 12.6. The lowest BCUT2D eigenvalue weighted by Crippen LogP contribution is -2.26. The summed E-state index contributed by atoms with van der Waals surface area (Å²) in [6, 6.07) is 14.7. The van der Waals surface area contributed by atoms with Gasteiger partial charge in [-0.05, 0) is 18.2 Å². The van der Waals surface area contributed by atoms with Gasteiger partial charge in [-0.3, -0.25) is 4.79 Å². The molecule has 0 aliphatic carbocycles. The van der Waals surface area contributed by atoms with E-state index in [0.29, 0.717) is 22.5 Å². The smallest absolute Gasteiger partial charge is 0.261 e. The van der Waals surface area contributed by atoms with Gasteiger partial charge in [-0.15, -0.1) is 0 Å². The van der Waals surface area contributed by atoms with Gasteiger partial charge in [0.15, 0.2) is 0 Å². The zero-order valence-electron chi connectivity index (χ0n) is 11.0. The molecule has 100 valence electrons. The summed E-state index contributed by atoms with van der Waals surface area (Å²) >= 11 is 0. The van der Waals surface area contributed by atoms with Crippen LogP contribution in [0.3, 0.4) is 0 Å². The Morgan fingerprint density at radius 2 is 1.80 bits per heavy atom. The minimum absolute atomic E-state index is 0.146. The Balaban J connectivity index is 2.03. The summed E-state index contributed by atoms with van der Waals surface area (Å²) in [4.78, 5) is 14.1. The number of carbonyl (C=O) groups excluding carboxylic acids is 1.